The van der Waals surface area contributed by atoms with E-state index in [2.05, 4.69) is 0 Å². The summed E-state index contributed by atoms with van der Waals surface area (Å²) in [6.07, 6.45) is 2.07. The van der Waals surface area contributed by atoms with Crippen molar-refractivity contribution in [1.29, 1.82) is 0 Å². The normalized spacial score (nSPS) is 10.4. The van der Waals surface area contributed by atoms with Crippen LogP contribution in [0.2, 0.25) is 0 Å². The van der Waals surface area contributed by atoms with Crippen molar-refractivity contribution in [1.82, 2.24) is 0 Å². The fourth-order valence-electron chi connectivity index (χ4n) is 2.68. The predicted octanol–water partition coefficient (Wildman–Crippen LogP) is 3.56. The standard InChI is InChI=1S/C17H16N4O8/c1-2-3-4-10-9-11(18)5-6-12(10)17(22)29-14-8-7-13(19(23)24)15(20(25)26)16(14)21(27)28/h5-9H,2-4,18H2,1H3. The molecule has 2 rings (SSSR count). The van der Waals surface area contributed by atoms with Gasteiger partial charge in [0.1, 0.15) is 0 Å². The van der Waals surface area contributed by atoms with Crippen LogP contribution in [-0.2, 0) is 6.42 Å². The number of unbranched alkanes of at least 4 members (excludes halogenated alkanes) is 1. The van der Waals surface area contributed by atoms with Gasteiger partial charge in [0.25, 0.3) is 0 Å². The lowest BCUT2D eigenvalue weighted by atomic mass is 10.0. The Balaban J connectivity index is 2.53. The van der Waals surface area contributed by atoms with Gasteiger partial charge in [-0.25, -0.2) is 4.79 Å². The molecule has 0 atom stereocenters. The zero-order chi connectivity index (χ0) is 21.7. The molecule has 29 heavy (non-hydrogen) atoms. The fraction of sp³-hybridized carbons (Fsp3) is 0.235. The van der Waals surface area contributed by atoms with Crippen LogP contribution in [-0.4, -0.2) is 20.7 Å². The number of nitro groups is 3. The summed E-state index contributed by atoms with van der Waals surface area (Å²) in [7, 11) is 0. The average Bonchev–Trinajstić information content (AvgIpc) is 2.65. The SMILES string of the molecule is CCCCc1cc(N)ccc1C(=O)Oc1ccc([N+](=O)[O-])c([N+](=O)[O-])c1[N+](=O)[O-]. The molecule has 12 nitrogen and oxygen atoms in total. The van der Waals surface area contributed by atoms with E-state index in [-0.39, 0.29) is 5.56 Å². The van der Waals surface area contributed by atoms with Gasteiger partial charge in [0.2, 0.25) is 5.75 Å². The topological polar surface area (TPSA) is 182 Å². The first-order valence-corrected chi connectivity index (χ1v) is 8.38. The van der Waals surface area contributed by atoms with Crippen LogP contribution >= 0.6 is 0 Å². The minimum atomic E-state index is -1.37. The van der Waals surface area contributed by atoms with Crippen LogP contribution in [0, 0.1) is 30.3 Å². The molecule has 0 amide bonds. The zero-order valence-electron chi connectivity index (χ0n) is 15.2. The van der Waals surface area contributed by atoms with Gasteiger partial charge in [-0.2, -0.15) is 0 Å². The van der Waals surface area contributed by atoms with E-state index in [0.29, 0.717) is 23.7 Å². The maximum Gasteiger partial charge on any atom is 0.426 e. The Labute approximate surface area is 163 Å². The molecule has 2 aromatic rings. The number of nitrogens with zero attached hydrogens (tertiary/aromatic N) is 3. The van der Waals surface area contributed by atoms with Crippen molar-refractivity contribution in [2.75, 3.05) is 5.73 Å². The van der Waals surface area contributed by atoms with E-state index in [0.717, 1.165) is 18.9 Å². The minimum absolute atomic E-state index is 0.0861. The highest BCUT2D eigenvalue weighted by Crippen LogP contribution is 2.43. The third kappa shape index (κ3) is 4.61. The van der Waals surface area contributed by atoms with Crippen LogP contribution in [0.4, 0.5) is 22.7 Å². The molecule has 152 valence electrons. The molecule has 2 aromatic carbocycles. The Morgan fingerprint density at radius 1 is 1.00 bits per heavy atom. The molecular weight excluding hydrogens is 388 g/mol. The second-order valence-corrected chi connectivity index (χ2v) is 5.96. The number of nitrogen functional groups attached to an aromatic ring is 1. The van der Waals surface area contributed by atoms with Crippen LogP contribution in [0.3, 0.4) is 0 Å². The van der Waals surface area contributed by atoms with Gasteiger partial charge < -0.3 is 10.5 Å². The molecule has 0 aliphatic rings. The van der Waals surface area contributed by atoms with E-state index in [9.17, 15) is 35.1 Å². The van der Waals surface area contributed by atoms with Crippen LogP contribution in [0.1, 0.15) is 35.7 Å². The Hall–Kier alpha value is -4.09. The lowest BCUT2D eigenvalue weighted by Crippen LogP contribution is -2.13. The van der Waals surface area contributed by atoms with Gasteiger partial charge in [0.05, 0.1) is 20.3 Å². The van der Waals surface area contributed by atoms with Crippen molar-refractivity contribution in [2.45, 2.75) is 26.2 Å². The molecule has 0 heterocycles. The number of carbonyl (C=O) groups is 1. The van der Waals surface area contributed by atoms with Gasteiger partial charge in [-0.1, -0.05) is 13.3 Å². The Bertz CT molecular complexity index is 1010. The largest absolute Gasteiger partial charge is 0.426 e. The van der Waals surface area contributed by atoms with E-state index >= 15 is 0 Å². The number of hydrogen-bond acceptors (Lipinski definition) is 9. The smallest absolute Gasteiger partial charge is 0.415 e. The number of rotatable bonds is 8. The summed E-state index contributed by atoms with van der Waals surface area (Å²) in [6, 6.07) is 5.85. The third-order valence-corrected chi connectivity index (χ3v) is 4.01. The summed E-state index contributed by atoms with van der Waals surface area (Å²) >= 11 is 0. The third-order valence-electron chi connectivity index (χ3n) is 4.01. The summed E-state index contributed by atoms with van der Waals surface area (Å²) < 4.78 is 5.03. The molecule has 0 spiro atoms. The van der Waals surface area contributed by atoms with Crippen LogP contribution in [0.5, 0.6) is 5.75 Å². The van der Waals surface area contributed by atoms with Crippen molar-refractivity contribution in [3.63, 3.8) is 0 Å². The van der Waals surface area contributed by atoms with Gasteiger partial charge in [0, 0.05) is 11.8 Å². The first-order chi connectivity index (χ1) is 13.7. The number of aryl methyl sites for hydroxylation is 1. The fourth-order valence-corrected chi connectivity index (χ4v) is 2.68. The summed E-state index contributed by atoms with van der Waals surface area (Å²) in [5.74, 6) is -1.77. The first kappa shape index (κ1) is 21.2. The molecule has 0 saturated carbocycles. The van der Waals surface area contributed by atoms with E-state index in [4.69, 9.17) is 10.5 Å². The number of benzene rings is 2. The number of anilines is 1. The minimum Gasteiger partial charge on any atom is -0.415 e. The number of carbonyl (C=O) groups excluding carboxylic acids is 1. The summed E-state index contributed by atoms with van der Waals surface area (Å²) in [4.78, 5) is 42.6. The highest BCUT2D eigenvalue weighted by atomic mass is 16.7. The Morgan fingerprint density at radius 2 is 1.66 bits per heavy atom. The molecule has 2 N–H and O–H groups in total. The van der Waals surface area contributed by atoms with E-state index in [1.54, 1.807) is 6.07 Å². The number of nitrogens with two attached hydrogens (primary N) is 1. The summed E-state index contributed by atoms with van der Waals surface area (Å²) in [5.41, 5.74) is 3.05. The maximum absolute atomic E-state index is 12.6. The first-order valence-electron chi connectivity index (χ1n) is 8.38. The molecule has 0 unspecified atom stereocenters. The number of hydrogen-bond donors (Lipinski definition) is 1. The van der Waals surface area contributed by atoms with Crippen LogP contribution in [0.15, 0.2) is 30.3 Å². The van der Waals surface area contributed by atoms with E-state index in [1.165, 1.54) is 12.1 Å². The Kier molecular flexibility index (Phi) is 6.39. The maximum atomic E-state index is 12.6. The zero-order valence-corrected chi connectivity index (χ0v) is 15.2. The van der Waals surface area contributed by atoms with E-state index in [1.807, 2.05) is 6.92 Å². The molecule has 0 aromatic heterocycles. The molecular formula is C17H16N4O8. The van der Waals surface area contributed by atoms with Crippen LogP contribution in [0.25, 0.3) is 0 Å². The van der Waals surface area contributed by atoms with Crippen molar-refractivity contribution < 1.29 is 24.3 Å². The molecule has 0 saturated heterocycles. The van der Waals surface area contributed by atoms with Gasteiger partial charge in [0.15, 0.2) is 0 Å². The molecule has 0 fully saturated rings. The highest BCUT2D eigenvalue weighted by Gasteiger charge is 2.40. The van der Waals surface area contributed by atoms with Crippen molar-refractivity contribution >= 4 is 28.7 Å². The second kappa shape index (κ2) is 8.73. The predicted molar refractivity (Wildman–Crippen MR) is 101 cm³/mol. The van der Waals surface area contributed by atoms with Gasteiger partial charge in [-0.05, 0) is 42.7 Å². The molecule has 0 bridgehead atoms. The van der Waals surface area contributed by atoms with Gasteiger partial charge in [-0.3, -0.25) is 30.3 Å². The number of esters is 1. The molecule has 0 radical (unpaired) electrons. The van der Waals surface area contributed by atoms with Gasteiger partial charge in [-0.15, -0.1) is 0 Å². The average molecular weight is 404 g/mol. The molecule has 0 aliphatic carbocycles. The number of nitro benzene ring substituents is 3. The second-order valence-electron chi connectivity index (χ2n) is 5.96. The lowest BCUT2D eigenvalue weighted by molar-refractivity contribution is -0.441. The van der Waals surface area contributed by atoms with Crippen molar-refractivity contribution in [3.05, 3.63) is 71.8 Å². The lowest BCUT2D eigenvalue weighted by Gasteiger charge is -2.10. The van der Waals surface area contributed by atoms with E-state index < -0.39 is 43.6 Å². The summed E-state index contributed by atoms with van der Waals surface area (Å²) in [5, 5.41) is 33.6. The molecule has 12 heteroatoms. The summed E-state index contributed by atoms with van der Waals surface area (Å²) in [6.45, 7) is 1.95. The number of ether oxygens (including phenoxy) is 1. The Morgan fingerprint density at radius 3 is 2.21 bits per heavy atom. The molecule has 0 aliphatic heterocycles. The van der Waals surface area contributed by atoms with Crippen molar-refractivity contribution in [2.24, 2.45) is 0 Å². The highest BCUT2D eigenvalue weighted by molar-refractivity contribution is 5.94. The van der Waals surface area contributed by atoms with Gasteiger partial charge >= 0.3 is 23.0 Å². The van der Waals surface area contributed by atoms with Crippen LogP contribution < -0.4 is 10.5 Å². The van der Waals surface area contributed by atoms with Crippen molar-refractivity contribution in [3.8, 4) is 5.75 Å². The quantitative estimate of drug-likeness (QED) is 0.226. The monoisotopic (exact) mass is 404 g/mol.